The number of thiazole rings is 1. The number of benzene rings is 1. The number of halogens is 2. The molecule has 5 nitrogen and oxygen atoms in total. The Kier molecular flexibility index (Phi) is 6.45. The lowest BCUT2D eigenvalue weighted by Crippen LogP contribution is -2.29. The van der Waals surface area contributed by atoms with Gasteiger partial charge in [0.15, 0.2) is 5.13 Å². The number of nitrogens with zero attached hydrogens (tertiary/aromatic N) is 2. The number of aliphatic hydroxyl groups excluding tert-OH is 1. The van der Waals surface area contributed by atoms with Gasteiger partial charge >= 0.3 is 0 Å². The van der Waals surface area contributed by atoms with Crippen molar-refractivity contribution in [2.75, 3.05) is 11.9 Å². The molecule has 0 saturated carbocycles. The van der Waals surface area contributed by atoms with Gasteiger partial charge in [-0.3, -0.25) is 4.98 Å². The lowest BCUT2D eigenvalue weighted by Gasteiger charge is -2.24. The van der Waals surface area contributed by atoms with Gasteiger partial charge in [-0.25, -0.2) is 4.98 Å². The van der Waals surface area contributed by atoms with Crippen LogP contribution < -0.4 is 11.1 Å². The Balaban J connectivity index is 1.77. The predicted octanol–water partition coefficient (Wildman–Crippen LogP) is 4.37. The van der Waals surface area contributed by atoms with E-state index in [1.54, 1.807) is 24.5 Å². The molecule has 2 aromatic heterocycles. The van der Waals surface area contributed by atoms with Crippen molar-refractivity contribution in [3.63, 3.8) is 0 Å². The maximum absolute atomic E-state index is 10.7. The monoisotopic (exact) mass is 408 g/mol. The molecule has 1 aromatic carbocycles. The third-order valence-electron chi connectivity index (χ3n) is 3.98. The van der Waals surface area contributed by atoms with Crippen LogP contribution in [-0.4, -0.2) is 27.8 Å². The molecule has 0 spiro atoms. The molecule has 0 aliphatic carbocycles. The molecule has 3 rings (SSSR count). The van der Waals surface area contributed by atoms with E-state index in [-0.39, 0.29) is 5.92 Å². The van der Waals surface area contributed by atoms with Crippen molar-refractivity contribution < 1.29 is 5.11 Å². The largest absolute Gasteiger partial charge is 0.373 e. The molecule has 3 aromatic rings. The van der Waals surface area contributed by atoms with Crippen molar-refractivity contribution in [1.82, 2.24) is 9.97 Å². The summed E-state index contributed by atoms with van der Waals surface area (Å²) < 4.78 is 0. The summed E-state index contributed by atoms with van der Waals surface area (Å²) in [6, 6.07) is 9.12. The van der Waals surface area contributed by atoms with Crippen molar-refractivity contribution in [3.8, 4) is 11.3 Å². The van der Waals surface area contributed by atoms with E-state index in [0.29, 0.717) is 28.1 Å². The molecule has 0 radical (unpaired) electrons. The molecular formula is C18H18Cl2N4OS. The number of hydrogen-bond acceptors (Lipinski definition) is 6. The third kappa shape index (κ3) is 4.52. The summed E-state index contributed by atoms with van der Waals surface area (Å²) in [6.07, 6.45) is 3.18. The minimum absolute atomic E-state index is 0.233. The Morgan fingerprint density at radius 1 is 1.15 bits per heavy atom. The smallest absolute Gasteiger partial charge is 0.185 e. The maximum Gasteiger partial charge on any atom is 0.185 e. The Bertz CT molecular complexity index is 859. The van der Waals surface area contributed by atoms with Gasteiger partial charge in [0.1, 0.15) is 6.23 Å². The van der Waals surface area contributed by atoms with Gasteiger partial charge in [0.05, 0.1) is 15.7 Å². The molecule has 2 heterocycles. The molecule has 0 aliphatic rings. The molecule has 0 aliphatic heterocycles. The van der Waals surface area contributed by atoms with Gasteiger partial charge < -0.3 is 16.2 Å². The van der Waals surface area contributed by atoms with Crippen LogP contribution in [0.2, 0.25) is 10.0 Å². The SMILES string of the molecule is NCCC(c1ccc(Cl)c(Cl)c1)C(O)Nc1nc(-c2ccncc2)cs1. The van der Waals surface area contributed by atoms with Crippen LogP contribution in [0.4, 0.5) is 5.13 Å². The van der Waals surface area contributed by atoms with Gasteiger partial charge in [0.25, 0.3) is 0 Å². The fraction of sp³-hybridized carbons (Fsp3) is 0.222. The zero-order chi connectivity index (χ0) is 18.5. The highest BCUT2D eigenvalue weighted by atomic mass is 35.5. The fourth-order valence-electron chi connectivity index (χ4n) is 2.65. The molecular weight excluding hydrogens is 391 g/mol. The van der Waals surface area contributed by atoms with Crippen molar-refractivity contribution in [2.45, 2.75) is 18.6 Å². The minimum atomic E-state index is -0.854. The molecule has 136 valence electrons. The number of nitrogens with two attached hydrogens (primary N) is 1. The Labute approximate surface area is 165 Å². The average molecular weight is 409 g/mol. The van der Waals surface area contributed by atoms with Crippen molar-refractivity contribution in [3.05, 3.63) is 63.7 Å². The summed E-state index contributed by atoms with van der Waals surface area (Å²) in [5, 5.41) is 17.3. The second-order valence-electron chi connectivity index (χ2n) is 5.72. The van der Waals surface area contributed by atoms with Gasteiger partial charge in [-0.05, 0) is 42.8 Å². The second kappa shape index (κ2) is 8.79. The molecule has 0 amide bonds. The van der Waals surface area contributed by atoms with Crippen LogP contribution in [0, 0.1) is 0 Å². The van der Waals surface area contributed by atoms with E-state index < -0.39 is 6.23 Å². The van der Waals surface area contributed by atoms with Crippen LogP contribution in [0.3, 0.4) is 0 Å². The molecule has 2 atom stereocenters. The summed E-state index contributed by atoms with van der Waals surface area (Å²) in [5.74, 6) is -0.233. The van der Waals surface area contributed by atoms with Crippen LogP contribution in [0.1, 0.15) is 17.9 Å². The molecule has 0 fully saturated rings. The summed E-state index contributed by atoms with van der Waals surface area (Å²) in [4.78, 5) is 8.53. The molecule has 0 bridgehead atoms. The van der Waals surface area contributed by atoms with E-state index in [0.717, 1.165) is 16.8 Å². The van der Waals surface area contributed by atoms with Gasteiger partial charge in [0.2, 0.25) is 0 Å². The Hall–Kier alpha value is -1.70. The van der Waals surface area contributed by atoms with Crippen LogP contribution in [0.15, 0.2) is 48.1 Å². The minimum Gasteiger partial charge on any atom is -0.373 e. The van der Waals surface area contributed by atoms with E-state index in [4.69, 9.17) is 28.9 Å². The maximum atomic E-state index is 10.7. The third-order valence-corrected chi connectivity index (χ3v) is 5.49. The molecule has 0 saturated heterocycles. The first-order valence-electron chi connectivity index (χ1n) is 8.04. The van der Waals surface area contributed by atoms with E-state index in [9.17, 15) is 5.11 Å². The lowest BCUT2D eigenvalue weighted by molar-refractivity contribution is 0.167. The van der Waals surface area contributed by atoms with Gasteiger partial charge in [-0.1, -0.05) is 29.3 Å². The Morgan fingerprint density at radius 3 is 2.62 bits per heavy atom. The van der Waals surface area contributed by atoms with Gasteiger partial charge in [-0.2, -0.15) is 0 Å². The number of rotatable bonds is 7. The quantitative estimate of drug-likeness (QED) is 0.505. The van der Waals surface area contributed by atoms with Gasteiger partial charge in [-0.15, -0.1) is 11.3 Å². The first kappa shape index (κ1) is 19.1. The fourth-order valence-corrected chi connectivity index (χ4v) is 3.71. The van der Waals surface area contributed by atoms with E-state index in [1.165, 1.54) is 11.3 Å². The molecule has 2 unspecified atom stereocenters. The average Bonchev–Trinajstić information content (AvgIpc) is 3.11. The highest BCUT2D eigenvalue weighted by Crippen LogP contribution is 2.31. The second-order valence-corrected chi connectivity index (χ2v) is 7.39. The summed E-state index contributed by atoms with van der Waals surface area (Å²) in [6.45, 7) is 0.434. The number of anilines is 1. The van der Waals surface area contributed by atoms with Crippen LogP contribution >= 0.6 is 34.5 Å². The summed E-state index contributed by atoms with van der Waals surface area (Å²) in [5.41, 5.74) is 8.40. The van der Waals surface area contributed by atoms with Crippen molar-refractivity contribution in [1.29, 1.82) is 0 Å². The van der Waals surface area contributed by atoms with E-state index in [1.807, 2.05) is 23.6 Å². The molecule has 26 heavy (non-hydrogen) atoms. The summed E-state index contributed by atoms with van der Waals surface area (Å²) in [7, 11) is 0. The Morgan fingerprint density at radius 2 is 1.92 bits per heavy atom. The highest BCUT2D eigenvalue weighted by Gasteiger charge is 2.22. The zero-order valence-corrected chi connectivity index (χ0v) is 16.1. The number of nitrogens with one attached hydrogen (secondary N) is 1. The first-order chi connectivity index (χ1) is 12.6. The van der Waals surface area contributed by atoms with Gasteiger partial charge in [0, 0.05) is 29.3 Å². The van der Waals surface area contributed by atoms with Crippen LogP contribution in [0.25, 0.3) is 11.3 Å². The zero-order valence-electron chi connectivity index (χ0n) is 13.8. The standard InChI is InChI=1S/C18H18Cl2N4OS/c19-14-2-1-12(9-15(14)20)13(3-6-21)17(25)24-18-23-16(10-26-18)11-4-7-22-8-5-11/h1-2,4-5,7-10,13,17,25H,3,6,21H2,(H,23,24). The van der Waals surface area contributed by atoms with Crippen molar-refractivity contribution in [2.24, 2.45) is 5.73 Å². The topological polar surface area (TPSA) is 84.1 Å². The molecule has 4 N–H and O–H groups in total. The molecule has 8 heteroatoms. The summed E-state index contributed by atoms with van der Waals surface area (Å²) >= 11 is 13.5. The highest BCUT2D eigenvalue weighted by molar-refractivity contribution is 7.14. The number of pyridine rings is 1. The number of aliphatic hydroxyl groups is 1. The van der Waals surface area contributed by atoms with Crippen LogP contribution in [-0.2, 0) is 0 Å². The predicted molar refractivity (Wildman–Crippen MR) is 108 cm³/mol. The van der Waals surface area contributed by atoms with Crippen molar-refractivity contribution >= 4 is 39.7 Å². The number of hydrogen-bond donors (Lipinski definition) is 3. The van der Waals surface area contributed by atoms with E-state index in [2.05, 4.69) is 15.3 Å². The lowest BCUT2D eigenvalue weighted by atomic mass is 9.94. The van der Waals surface area contributed by atoms with E-state index >= 15 is 0 Å². The number of aromatic nitrogens is 2. The normalized spacial score (nSPS) is 13.4. The first-order valence-corrected chi connectivity index (χ1v) is 9.67. The van der Waals surface area contributed by atoms with Crippen LogP contribution in [0.5, 0.6) is 0 Å².